The Kier molecular flexibility index (Phi) is 4.37. The zero-order valence-corrected chi connectivity index (χ0v) is 12.4. The Morgan fingerprint density at radius 3 is 2.71 bits per heavy atom. The SMILES string of the molecule is CNCC(C)c1ccc(-c2ccccc2Br)s1. The number of hydrogen-bond donors (Lipinski definition) is 1. The van der Waals surface area contributed by atoms with Gasteiger partial charge in [0, 0.05) is 32.3 Å². The van der Waals surface area contributed by atoms with E-state index in [-0.39, 0.29) is 0 Å². The second-order valence-electron chi connectivity index (χ2n) is 4.14. The first kappa shape index (κ1) is 12.8. The van der Waals surface area contributed by atoms with Crippen LogP contribution in [0.1, 0.15) is 17.7 Å². The van der Waals surface area contributed by atoms with Crippen LogP contribution in [0.15, 0.2) is 40.9 Å². The molecule has 3 heteroatoms. The van der Waals surface area contributed by atoms with Crippen molar-refractivity contribution in [2.24, 2.45) is 0 Å². The first-order valence-corrected chi connectivity index (χ1v) is 7.32. The van der Waals surface area contributed by atoms with Crippen LogP contribution >= 0.6 is 27.3 Å². The summed E-state index contributed by atoms with van der Waals surface area (Å²) >= 11 is 5.48. The Morgan fingerprint density at radius 1 is 1.24 bits per heavy atom. The van der Waals surface area contributed by atoms with Gasteiger partial charge < -0.3 is 5.32 Å². The van der Waals surface area contributed by atoms with Crippen LogP contribution in [0.5, 0.6) is 0 Å². The van der Waals surface area contributed by atoms with Crippen molar-refractivity contribution in [3.8, 4) is 10.4 Å². The quantitative estimate of drug-likeness (QED) is 0.876. The molecule has 1 nitrogen and oxygen atoms in total. The van der Waals surface area contributed by atoms with Crippen molar-refractivity contribution >= 4 is 27.3 Å². The summed E-state index contributed by atoms with van der Waals surface area (Å²) in [5.41, 5.74) is 1.28. The van der Waals surface area contributed by atoms with Crippen molar-refractivity contribution in [3.05, 3.63) is 45.7 Å². The summed E-state index contributed by atoms with van der Waals surface area (Å²) in [7, 11) is 2.00. The van der Waals surface area contributed by atoms with Gasteiger partial charge >= 0.3 is 0 Å². The van der Waals surface area contributed by atoms with Crippen molar-refractivity contribution in [3.63, 3.8) is 0 Å². The lowest BCUT2D eigenvalue weighted by molar-refractivity contribution is 0.687. The average molecular weight is 310 g/mol. The predicted octanol–water partition coefficient (Wildman–Crippen LogP) is 4.50. The van der Waals surface area contributed by atoms with E-state index in [2.05, 4.69) is 58.5 Å². The number of benzene rings is 1. The molecular formula is C14H16BrNS. The molecule has 1 heterocycles. The van der Waals surface area contributed by atoms with Crippen molar-refractivity contribution in [2.45, 2.75) is 12.8 Å². The van der Waals surface area contributed by atoms with Crippen LogP contribution in [0.2, 0.25) is 0 Å². The summed E-state index contributed by atoms with van der Waals surface area (Å²) in [6.07, 6.45) is 0. The molecule has 17 heavy (non-hydrogen) atoms. The molecule has 1 atom stereocenters. The second-order valence-corrected chi connectivity index (χ2v) is 6.11. The van der Waals surface area contributed by atoms with Gasteiger partial charge in [0.15, 0.2) is 0 Å². The molecule has 2 rings (SSSR count). The van der Waals surface area contributed by atoms with Gasteiger partial charge in [0.25, 0.3) is 0 Å². The molecule has 0 bridgehead atoms. The third kappa shape index (κ3) is 2.97. The van der Waals surface area contributed by atoms with E-state index in [4.69, 9.17) is 0 Å². The van der Waals surface area contributed by atoms with E-state index in [0.717, 1.165) is 11.0 Å². The molecule has 1 unspecified atom stereocenters. The Balaban J connectivity index is 2.27. The summed E-state index contributed by atoms with van der Waals surface area (Å²) in [5, 5.41) is 3.22. The van der Waals surface area contributed by atoms with Crippen LogP contribution in [-0.4, -0.2) is 13.6 Å². The van der Waals surface area contributed by atoms with Crippen LogP contribution in [0.25, 0.3) is 10.4 Å². The summed E-state index contributed by atoms with van der Waals surface area (Å²) in [6.45, 7) is 3.28. The van der Waals surface area contributed by atoms with E-state index < -0.39 is 0 Å². The molecule has 2 aromatic rings. The minimum absolute atomic E-state index is 0.571. The number of nitrogens with one attached hydrogen (secondary N) is 1. The normalized spacial score (nSPS) is 12.6. The molecule has 0 radical (unpaired) electrons. The third-order valence-electron chi connectivity index (χ3n) is 2.76. The van der Waals surface area contributed by atoms with Crippen LogP contribution in [-0.2, 0) is 0 Å². The zero-order chi connectivity index (χ0) is 12.3. The highest BCUT2D eigenvalue weighted by Crippen LogP contribution is 2.35. The lowest BCUT2D eigenvalue weighted by atomic mass is 10.1. The molecule has 0 spiro atoms. The van der Waals surface area contributed by atoms with Gasteiger partial charge in [-0.2, -0.15) is 0 Å². The topological polar surface area (TPSA) is 12.0 Å². The van der Waals surface area contributed by atoms with E-state index >= 15 is 0 Å². The molecule has 1 aromatic carbocycles. The highest BCUT2D eigenvalue weighted by Gasteiger charge is 2.10. The van der Waals surface area contributed by atoms with Crippen molar-refractivity contribution < 1.29 is 0 Å². The van der Waals surface area contributed by atoms with Crippen LogP contribution in [0, 0.1) is 0 Å². The van der Waals surface area contributed by atoms with Gasteiger partial charge in [-0.3, -0.25) is 0 Å². The first-order valence-electron chi connectivity index (χ1n) is 5.71. The van der Waals surface area contributed by atoms with E-state index in [1.54, 1.807) is 0 Å². The molecule has 0 saturated heterocycles. The van der Waals surface area contributed by atoms with Crippen molar-refractivity contribution in [1.82, 2.24) is 5.32 Å². The van der Waals surface area contributed by atoms with E-state index in [9.17, 15) is 0 Å². The highest BCUT2D eigenvalue weighted by molar-refractivity contribution is 9.10. The fraction of sp³-hybridized carbons (Fsp3) is 0.286. The van der Waals surface area contributed by atoms with E-state index in [0.29, 0.717) is 5.92 Å². The van der Waals surface area contributed by atoms with Gasteiger partial charge in [0.1, 0.15) is 0 Å². The minimum Gasteiger partial charge on any atom is -0.319 e. The minimum atomic E-state index is 0.571. The molecule has 90 valence electrons. The number of hydrogen-bond acceptors (Lipinski definition) is 2. The summed E-state index contributed by atoms with van der Waals surface area (Å²) < 4.78 is 1.16. The monoisotopic (exact) mass is 309 g/mol. The van der Waals surface area contributed by atoms with Crippen LogP contribution < -0.4 is 5.32 Å². The molecule has 0 aliphatic carbocycles. The molecule has 1 aromatic heterocycles. The summed E-state index contributed by atoms with van der Waals surface area (Å²) in [6, 6.07) is 12.8. The fourth-order valence-corrected chi connectivity index (χ4v) is 3.56. The maximum atomic E-state index is 3.60. The summed E-state index contributed by atoms with van der Waals surface area (Å²) in [4.78, 5) is 2.76. The van der Waals surface area contributed by atoms with Gasteiger partial charge in [0.2, 0.25) is 0 Å². The largest absolute Gasteiger partial charge is 0.319 e. The van der Waals surface area contributed by atoms with Gasteiger partial charge in [-0.25, -0.2) is 0 Å². The number of halogens is 1. The second kappa shape index (κ2) is 5.80. The van der Waals surface area contributed by atoms with Gasteiger partial charge in [0.05, 0.1) is 0 Å². The van der Waals surface area contributed by atoms with Crippen molar-refractivity contribution in [1.29, 1.82) is 0 Å². The first-order chi connectivity index (χ1) is 8.22. The molecule has 0 fully saturated rings. The standard InChI is InChI=1S/C14H16BrNS/c1-10(9-16-2)13-7-8-14(17-13)11-5-3-4-6-12(11)15/h3-8,10,16H,9H2,1-2H3. The zero-order valence-electron chi connectivity index (χ0n) is 10.0. The van der Waals surface area contributed by atoms with E-state index in [1.807, 2.05) is 24.5 Å². The lowest BCUT2D eigenvalue weighted by Gasteiger charge is -2.07. The Morgan fingerprint density at radius 2 is 2.00 bits per heavy atom. The van der Waals surface area contributed by atoms with Crippen LogP contribution in [0.4, 0.5) is 0 Å². The number of rotatable bonds is 4. The Labute approximate surface area is 115 Å². The van der Waals surface area contributed by atoms with Crippen molar-refractivity contribution in [2.75, 3.05) is 13.6 Å². The fourth-order valence-electron chi connectivity index (χ4n) is 1.83. The van der Waals surface area contributed by atoms with Gasteiger partial charge in [-0.05, 0) is 25.2 Å². The molecule has 0 amide bonds. The average Bonchev–Trinajstić information content (AvgIpc) is 2.79. The Bertz CT molecular complexity index is 492. The summed E-state index contributed by atoms with van der Waals surface area (Å²) in [5.74, 6) is 0.571. The maximum absolute atomic E-state index is 3.60. The number of thiophene rings is 1. The maximum Gasteiger partial charge on any atom is 0.0357 e. The van der Waals surface area contributed by atoms with Gasteiger partial charge in [-0.1, -0.05) is 41.1 Å². The molecule has 1 N–H and O–H groups in total. The highest BCUT2D eigenvalue weighted by atomic mass is 79.9. The molecule has 0 aliphatic heterocycles. The molecular weight excluding hydrogens is 294 g/mol. The molecule has 0 saturated carbocycles. The van der Waals surface area contributed by atoms with Crippen LogP contribution in [0.3, 0.4) is 0 Å². The predicted molar refractivity (Wildman–Crippen MR) is 79.8 cm³/mol. The third-order valence-corrected chi connectivity index (χ3v) is 4.80. The Hall–Kier alpha value is -0.640. The molecule has 0 aliphatic rings. The lowest BCUT2D eigenvalue weighted by Crippen LogP contribution is -2.13. The number of likely N-dealkylation sites (N-methyl/N-ethyl adjacent to an activating group) is 1. The smallest absolute Gasteiger partial charge is 0.0357 e. The van der Waals surface area contributed by atoms with Gasteiger partial charge in [-0.15, -0.1) is 11.3 Å². The van der Waals surface area contributed by atoms with E-state index in [1.165, 1.54) is 15.3 Å².